The van der Waals surface area contributed by atoms with E-state index in [-0.39, 0.29) is 0 Å². The zero-order valence-electron chi connectivity index (χ0n) is 9.97. The molecule has 0 unspecified atom stereocenters. The van der Waals surface area contributed by atoms with Crippen LogP contribution in [0.15, 0.2) is 29.6 Å². The van der Waals surface area contributed by atoms with Crippen molar-refractivity contribution in [3.63, 3.8) is 0 Å². The van der Waals surface area contributed by atoms with Crippen LogP contribution in [0.3, 0.4) is 0 Å². The zero-order valence-corrected chi connectivity index (χ0v) is 10.8. The lowest BCUT2D eigenvalue weighted by molar-refractivity contribution is -0.137. The van der Waals surface area contributed by atoms with Gasteiger partial charge in [-0.3, -0.25) is 4.79 Å². The zero-order chi connectivity index (χ0) is 12.7. The van der Waals surface area contributed by atoms with Gasteiger partial charge in [-0.05, 0) is 18.6 Å². The molecule has 1 aromatic carbocycles. The van der Waals surface area contributed by atoms with Gasteiger partial charge in [0.1, 0.15) is 5.75 Å². The SMILES string of the molecule is CCCC(=O)O.COc1csc2ccccc12. The summed E-state index contributed by atoms with van der Waals surface area (Å²) in [5, 5.41) is 11.2. The van der Waals surface area contributed by atoms with E-state index in [1.165, 1.54) is 10.1 Å². The first-order chi connectivity index (χ1) is 8.19. The number of benzene rings is 1. The largest absolute Gasteiger partial charge is 0.495 e. The molecule has 0 radical (unpaired) electrons. The molecule has 2 aromatic rings. The van der Waals surface area contributed by atoms with Crippen LogP contribution >= 0.6 is 11.3 Å². The number of aliphatic carboxylic acids is 1. The van der Waals surface area contributed by atoms with Crippen LogP contribution in [0.2, 0.25) is 0 Å². The van der Waals surface area contributed by atoms with Gasteiger partial charge in [-0.2, -0.15) is 0 Å². The molecule has 0 aliphatic carbocycles. The van der Waals surface area contributed by atoms with Crippen LogP contribution in [0.4, 0.5) is 0 Å². The monoisotopic (exact) mass is 252 g/mol. The third-order valence-corrected chi connectivity index (χ3v) is 3.07. The predicted octanol–water partition coefficient (Wildman–Crippen LogP) is 3.78. The Morgan fingerprint density at radius 1 is 1.41 bits per heavy atom. The molecule has 4 heteroatoms. The predicted molar refractivity (Wildman–Crippen MR) is 70.9 cm³/mol. The maximum absolute atomic E-state index is 9.60. The summed E-state index contributed by atoms with van der Waals surface area (Å²) in [6.45, 7) is 1.84. The lowest BCUT2D eigenvalue weighted by atomic mass is 10.2. The number of ether oxygens (including phenoxy) is 1. The molecule has 2 rings (SSSR count). The van der Waals surface area contributed by atoms with E-state index in [0.717, 1.165) is 12.2 Å². The number of rotatable bonds is 3. The molecule has 17 heavy (non-hydrogen) atoms. The maximum Gasteiger partial charge on any atom is 0.303 e. The van der Waals surface area contributed by atoms with Crippen molar-refractivity contribution < 1.29 is 14.6 Å². The third kappa shape index (κ3) is 4.07. The van der Waals surface area contributed by atoms with Gasteiger partial charge in [-0.15, -0.1) is 11.3 Å². The summed E-state index contributed by atoms with van der Waals surface area (Å²) in [4.78, 5) is 9.60. The second kappa shape index (κ2) is 6.91. The average molecular weight is 252 g/mol. The van der Waals surface area contributed by atoms with Crippen molar-refractivity contribution in [3.8, 4) is 5.75 Å². The van der Waals surface area contributed by atoms with Gasteiger partial charge in [0.05, 0.1) is 7.11 Å². The van der Waals surface area contributed by atoms with Crippen molar-refractivity contribution in [2.24, 2.45) is 0 Å². The van der Waals surface area contributed by atoms with Crippen molar-refractivity contribution in [2.45, 2.75) is 19.8 Å². The summed E-state index contributed by atoms with van der Waals surface area (Å²) < 4.78 is 6.46. The molecule has 0 amide bonds. The van der Waals surface area contributed by atoms with E-state index in [1.54, 1.807) is 18.4 Å². The highest BCUT2D eigenvalue weighted by Crippen LogP contribution is 2.31. The molecule has 1 heterocycles. The highest BCUT2D eigenvalue weighted by atomic mass is 32.1. The Morgan fingerprint density at radius 2 is 2.12 bits per heavy atom. The molecule has 0 bridgehead atoms. The number of hydrogen-bond donors (Lipinski definition) is 1. The van der Waals surface area contributed by atoms with Crippen LogP contribution in [-0.4, -0.2) is 18.2 Å². The molecule has 1 aromatic heterocycles. The first-order valence-corrected chi connectivity index (χ1v) is 6.29. The fourth-order valence-corrected chi connectivity index (χ4v) is 2.24. The van der Waals surface area contributed by atoms with E-state index in [2.05, 4.69) is 12.1 Å². The lowest BCUT2D eigenvalue weighted by Crippen LogP contribution is -1.90. The molecule has 0 atom stereocenters. The van der Waals surface area contributed by atoms with E-state index in [1.807, 2.05) is 24.4 Å². The standard InChI is InChI=1S/C9H8OS.C4H8O2/c1-10-8-6-11-9-5-3-2-4-7(8)9;1-2-3-4(5)6/h2-6H,1H3;2-3H2,1H3,(H,5,6). The van der Waals surface area contributed by atoms with Gasteiger partial charge in [0.2, 0.25) is 0 Å². The Hall–Kier alpha value is -1.55. The molecule has 3 nitrogen and oxygen atoms in total. The number of carbonyl (C=O) groups is 1. The average Bonchev–Trinajstić information content (AvgIpc) is 2.72. The summed E-state index contributed by atoms with van der Waals surface area (Å²) in [5.74, 6) is 0.267. The van der Waals surface area contributed by atoms with Crippen molar-refractivity contribution in [2.75, 3.05) is 7.11 Å². The summed E-state index contributed by atoms with van der Waals surface area (Å²) in [7, 11) is 1.70. The number of methoxy groups -OCH3 is 1. The van der Waals surface area contributed by atoms with Crippen molar-refractivity contribution in [1.29, 1.82) is 0 Å². The fraction of sp³-hybridized carbons (Fsp3) is 0.308. The minimum atomic E-state index is -0.711. The number of thiophene rings is 1. The second-order valence-corrected chi connectivity index (χ2v) is 4.36. The Bertz CT molecular complexity index is 476. The van der Waals surface area contributed by atoms with Gasteiger partial charge in [-0.1, -0.05) is 19.1 Å². The van der Waals surface area contributed by atoms with E-state index in [0.29, 0.717) is 6.42 Å². The van der Waals surface area contributed by atoms with Crippen LogP contribution in [0, 0.1) is 0 Å². The quantitative estimate of drug-likeness (QED) is 0.904. The molecule has 0 aliphatic rings. The van der Waals surface area contributed by atoms with E-state index < -0.39 is 5.97 Å². The Balaban J connectivity index is 0.000000209. The van der Waals surface area contributed by atoms with E-state index >= 15 is 0 Å². The van der Waals surface area contributed by atoms with Gasteiger partial charge in [0.15, 0.2) is 0 Å². The summed E-state index contributed by atoms with van der Waals surface area (Å²) in [5.41, 5.74) is 0. The molecule has 0 spiro atoms. The fourth-order valence-electron chi connectivity index (χ4n) is 1.33. The van der Waals surface area contributed by atoms with Crippen LogP contribution in [-0.2, 0) is 4.79 Å². The molecule has 0 saturated carbocycles. The van der Waals surface area contributed by atoms with Crippen molar-refractivity contribution in [1.82, 2.24) is 0 Å². The minimum Gasteiger partial charge on any atom is -0.495 e. The lowest BCUT2D eigenvalue weighted by Gasteiger charge is -1.94. The molecule has 1 N–H and O–H groups in total. The number of hydrogen-bond acceptors (Lipinski definition) is 3. The van der Waals surface area contributed by atoms with Gasteiger partial charge in [0.25, 0.3) is 0 Å². The van der Waals surface area contributed by atoms with Crippen LogP contribution in [0.5, 0.6) is 5.75 Å². The number of fused-ring (bicyclic) bond motifs is 1. The van der Waals surface area contributed by atoms with Gasteiger partial charge in [0, 0.05) is 21.9 Å². The topological polar surface area (TPSA) is 46.5 Å². The molecule has 0 saturated heterocycles. The smallest absolute Gasteiger partial charge is 0.303 e. The van der Waals surface area contributed by atoms with Crippen LogP contribution in [0.1, 0.15) is 19.8 Å². The first-order valence-electron chi connectivity index (χ1n) is 5.41. The number of carboxylic acid groups (broad SMARTS) is 1. The normalized spacial score (nSPS) is 9.53. The van der Waals surface area contributed by atoms with Crippen LogP contribution in [0.25, 0.3) is 10.1 Å². The third-order valence-electron chi connectivity index (χ3n) is 2.13. The Morgan fingerprint density at radius 3 is 2.65 bits per heavy atom. The molecule has 92 valence electrons. The molecule has 0 aliphatic heterocycles. The van der Waals surface area contributed by atoms with Gasteiger partial charge in [-0.25, -0.2) is 0 Å². The van der Waals surface area contributed by atoms with Gasteiger partial charge >= 0.3 is 5.97 Å². The maximum atomic E-state index is 9.60. The van der Waals surface area contributed by atoms with E-state index in [4.69, 9.17) is 9.84 Å². The highest BCUT2D eigenvalue weighted by Gasteiger charge is 2.00. The second-order valence-electron chi connectivity index (χ2n) is 3.44. The van der Waals surface area contributed by atoms with Crippen LogP contribution < -0.4 is 4.74 Å². The van der Waals surface area contributed by atoms with E-state index in [9.17, 15) is 4.79 Å². The van der Waals surface area contributed by atoms with Crippen molar-refractivity contribution >= 4 is 27.4 Å². The summed E-state index contributed by atoms with van der Waals surface area (Å²) in [6.07, 6.45) is 1.02. The van der Waals surface area contributed by atoms with Crippen molar-refractivity contribution in [3.05, 3.63) is 29.6 Å². The summed E-state index contributed by atoms with van der Waals surface area (Å²) in [6, 6.07) is 8.24. The molecule has 0 fully saturated rings. The first kappa shape index (κ1) is 13.5. The molecular formula is C13H16O3S. The number of carboxylic acids is 1. The summed E-state index contributed by atoms with van der Waals surface area (Å²) >= 11 is 1.71. The highest BCUT2D eigenvalue weighted by molar-refractivity contribution is 7.17. The minimum absolute atomic E-state index is 0.292. The Labute approximate surface area is 105 Å². The molecular weight excluding hydrogens is 236 g/mol. The van der Waals surface area contributed by atoms with Gasteiger partial charge < -0.3 is 9.84 Å². The Kier molecular flexibility index (Phi) is 5.49.